The molecule has 2 rings (SSSR count). The highest BCUT2D eigenvalue weighted by molar-refractivity contribution is 5.91. The van der Waals surface area contributed by atoms with Gasteiger partial charge in [0.25, 0.3) is 0 Å². The molecule has 2 aromatic rings. The van der Waals surface area contributed by atoms with Crippen LogP contribution in [0.2, 0.25) is 0 Å². The van der Waals surface area contributed by atoms with E-state index in [9.17, 15) is 4.79 Å². The first-order chi connectivity index (χ1) is 12.8. The second-order valence-corrected chi connectivity index (χ2v) is 7.60. The van der Waals surface area contributed by atoms with Crippen molar-refractivity contribution in [3.05, 3.63) is 65.7 Å². The molecule has 1 atom stereocenters. The van der Waals surface area contributed by atoms with Gasteiger partial charge in [0, 0.05) is 6.08 Å². The smallest absolute Gasteiger partial charge is 0.244 e. The van der Waals surface area contributed by atoms with E-state index in [1.165, 1.54) is 5.56 Å². The molecule has 4 nitrogen and oxygen atoms in total. The predicted octanol–water partition coefficient (Wildman–Crippen LogP) is 4.59. The van der Waals surface area contributed by atoms with Gasteiger partial charge in [0.05, 0.1) is 13.2 Å². The summed E-state index contributed by atoms with van der Waals surface area (Å²) in [6.07, 6.45) is 3.37. The molecule has 2 aromatic carbocycles. The van der Waals surface area contributed by atoms with E-state index in [2.05, 4.69) is 38.2 Å². The van der Waals surface area contributed by atoms with Crippen LogP contribution in [0.1, 0.15) is 38.8 Å². The third-order valence-electron chi connectivity index (χ3n) is 4.15. The number of carbonyl (C=O) groups is 1. The van der Waals surface area contributed by atoms with Crippen LogP contribution >= 0.6 is 0 Å². The van der Waals surface area contributed by atoms with E-state index in [1.54, 1.807) is 13.2 Å². The van der Waals surface area contributed by atoms with Gasteiger partial charge in [-0.2, -0.15) is 0 Å². The quantitative estimate of drug-likeness (QED) is 0.728. The summed E-state index contributed by atoms with van der Waals surface area (Å²) in [7, 11) is 1.62. The monoisotopic (exact) mass is 367 g/mol. The zero-order valence-corrected chi connectivity index (χ0v) is 16.8. The lowest BCUT2D eigenvalue weighted by atomic mass is 9.87. The van der Waals surface area contributed by atoms with Gasteiger partial charge in [-0.25, -0.2) is 0 Å². The molecular formula is C23H29NO3. The Balaban J connectivity index is 1.80. The zero-order valence-electron chi connectivity index (χ0n) is 16.8. The summed E-state index contributed by atoms with van der Waals surface area (Å²) in [5.74, 6) is 1.39. The van der Waals surface area contributed by atoms with Crippen molar-refractivity contribution in [3.8, 4) is 11.5 Å². The number of rotatable bonds is 7. The molecule has 0 spiro atoms. The van der Waals surface area contributed by atoms with E-state index >= 15 is 0 Å². The molecule has 1 unspecified atom stereocenters. The first kappa shape index (κ1) is 20.6. The minimum Gasteiger partial charge on any atom is -0.497 e. The zero-order chi connectivity index (χ0) is 19.9. The van der Waals surface area contributed by atoms with Gasteiger partial charge in [0.1, 0.15) is 18.1 Å². The van der Waals surface area contributed by atoms with Gasteiger partial charge >= 0.3 is 0 Å². The molecule has 0 saturated carbocycles. The fourth-order valence-electron chi connectivity index (χ4n) is 2.49. The van der Waals surface area contributed by atoms with Crippen LogP contribution in [0.25, 0.3) is 6.08 Å². The maximum Gasteiger partial charge on any atom is 0.244 e. The molecule has 0 saturated heterocycles. The summed E-state index contributed by atoms with van der Waals surface area (Å²) in [5, 5.41) is 2.90. The van der Waals surface area contributed by atoms with Crippen molar-refractivity contribution >= 4 is 12.0 Å². The van der Waals surface area contributed by atoms with Gasteiger partial charge in [-0.3, -0.25) is 4.79 Å². The van der Waals surface area contributed by atoms with Gasteiger partial charge < -0.3 is 14.8 Å². The summed E-state index contributed by atoms with van der Waals surface area (Å²) < 4.78 is 10.8. The maximum absolute atomic E-state index is 12.1. The molecule has 0 fully saturated rings. The number of ether oxygens (including phenoxy) is 2. The van der Waals surface area contributed by atoms with Crippen LogP contribution in [0.4, 0.5) is 0 Å². The van der Waals surface area contributed by atoms with E-state index < -0.39 is 0 Å². The Bertz CT molecular complexity index is 756. The average molecular weight is 367 g/mol. The fourth-order valence-corrected chi connectivity index (χ4v) is 2.49. The van der Waals surface area contributed by atoms with Crippen LogP contribution in [0.3, 0.4) is 0 Å². The second kappa shape index (κ2) is 9.26. The average Bonchev–Trinajstić information content (AvgIpc) is 2.65. The van der Waals surface area contributed by atoms with Crippen molar-refractivity contribution in [2.24, 2.45) is 0 Å². The van der Waals surface area contributed by atoms with Gasteiger partial charge in [0.2, 0.25) is 5.91 Å². The molecule has 0 aliphatic carbocycles. The van der Waals surface area contributed by atoms with Gasteiger partial charge in [-0.1, -0.05) is 45.0 Å². The Labute approximate surface area is 162 Å². The maximum atomic E-state index is 12.1. The first-order valence-corrected chi connectivity index (χ1v) is 9.14. The number of hydrogen-bond acceptors (Lipinski definition) is 3. The molecular weight excluding hydrogens is 338 g/mol. The summed E-state index contributed by atoms with van der Waals surface area (Å²) in [6.45, 7) is 8.85. The van der Waals surface area contributed by atoms with Crippen molar-refractivity contribution in [2.75, 3.05) is 13.7 Å². The minimum atomic E-state index is -0.138. The Hall–Kier alpha value is -2.75. The highest BCUT2D eigenvalue weighted by atomic mass is 16.5. The van der Waals surface area contributed by atoms with Crippen molar-refractivity contribution < 1.29 is 14.3 Å². The second-order valence-electron chi connectivity index (χ2n) is 7.60. The molecule has 1 N–H and O–H groups in total. The number of hydrogen-bond donors (Lipinski definition) is 1. The van der Waals surface area contributed by atoms with Gasteiger partial charge in [-0.05, 0) is 53.8 Å². The lowest BCUT2D eigenvalue weighted by molar-refractivity contribution is -0.117. The molecule has 0 heterocycles. The van der Waals surface area contributed by atoms with E-state index in [1.807, 2.05) is 49.4 Å². The summed E-state index contributed by atoms with van der Waals surface area (Å²) >= 11 is 0. The van der Waals surface area contributed by atoms with Crippen LogP contribution < -0.4 is 14.8 Å². The summed E-state index contributed by atoms with van der Waals surface area (Å²) in [4.78, 5) is 12.1. The van der Waals surface area contributed by atoms with Crippen LogP contribution in [-0.4, -0.2) is 25.7 Å². The summed E-state index contributed by atoms with van der Waals surface area (Å²) in [6, 6.07) is 15.5. The van der Waals surface area contributed by atoms with E-state index in [0.717, 1.165) is 17.1 Å². The summed E-state index contributed by atoms with van der Waals surface area (Å²) in [5.41, 5.74) is 2.40. The third-order valence-corrected chi connectivity index (χ3v) is 4.15. The molecule has 144 valence electrons. The number of carbonyl (C=O) groups excluding carboxylic acids is 1. The van der Waals surface area contributed by atoms with Gasteiger partial charge in [-0.15, -0.1) is 0 Å². The highest BCUT2D eigenvalue weighted by Crippen LogP contribution is 2.22. The molecule has 0 aliphatic heterocycles. The number of methoxy groups -OCH3 is 1. The van der Waals surface area contributed by atoms with E-state index in [0.29, 0.717) is 6.61 Å². The van der Waals surface area contributed by atoms with Gasteiger partial charge in [0.15, 0.2) is 0 Å². The Morgan fingerprint density at radius 3 is 2.19 bits per heavy atom. The molecule has 0 aliphatic rings. The standard InChI is InChI=1S/C23H29NO3/c1-17(16-27-21-13-11-20(26-5)12-14-21)24-22(25)15-8-18-6-9-19(10-7-18)23(2,3)4/h6-15,17H,16H2,1-5H3,(H,24,25)/b15-8+. The van der Waals surface area contributed by atoms with Crippen LogP contribution in [0.15, 0.2) is 54.6 Å². The topological polar surface area (TPSA) is 47.6 Å². The lowest BCUT2D eigenvalue weighted by Crippen LogP contribution is -2.35. The highest BCUT2D eigenvalue weighted by Gasteiger charge is 2.12. The van der Waals surface area contributed by atoms with Crippen molar-refractivity contribution in [3.63, 3.8) is 0 Å². The van der Waals surface area contributed by atoms with Crippen LogP contribution in [0.5, 0.6) is 11.5 Å². The number of benzene rings is 2. The molecule has 4 heteroatoms. The third kappa shape index (κ3) is 6.81. The Kier molecular flexibility index (Phi) is 7.05. The molecule has 0 bridgehead atoms. The normalized spacial score (nSPS) is 12.6. The number of nitrogens with one attached hydrogen (secondary N) is 1. The fraction of sp³-hybridized carbons (Fsp3) is 0.348. The Morgan fingerprint density at radius 2 is 1.63 bits per heavy atom. The van der Waals surface area contributed by atoms with Crippen LogP contribution in [0, 0.1) is 0 Å². The first-order valence-electron chi connectivity index (χ1n) is 9.14. The Morgan fingerprint density at radius 1 is 1.04 bits per heavy atom. The molecule has 27 heavy (non-hydrogen) atoms. The van der Waals surface area contributed by atoms with Crippen LogP contribution in [-0.2, 0) is 10.2 Å². The van der Waals surface area contributed by atoms with E-state index in [4.69, 9.17) is 9.47 Å². The lowest BCUT2D eigenvalue weighted by Gasteiger charge is -2.18. The van der Waals surface area contributed by atoms with E-state index in [-0.39, 0.29) is 17.4 Å². The van der Waals surface area contributed by atoms with Crippen molar-refractivity contribution in [1.82, 2.24) is 5.32 Å². The minimum absolute atomic E-state index is 0.104. The van der Waals surface area contributed by atoms with Crippen molar-refractivity contribution in [1.29, 1.82) is 0 Å². The molecule has 0 aromatic heterocycles. The molecule has 1 amide bonds. The SMILES string of the molecule is COc1ccc(OCC(C)NC(=O)/C=C/c2ccc(C(C)(C)C)cc2)cc1. The predicted molar refractivity (Wildman–Crippen MR) is 110 cm³/mol. The largest absolute Gasteiger partial charge is 0.497 e. The van der Waals surface area contributed by atoms with Crippen molar-refractivity contribution in [2.45, 2.75) is 39.2 Å². The molecule has 0 radical (unpaired) electrons. The number of amides is 1.